The highest BCUT2D eigenvalue weighted by Gasteiger charge is 2.03. The lowest BCUT2D eigenvalue weighted by atomic mass is 10.4. The molecular weight excluding hydrogens is 208 g/mol. The molecule has 4 nitrogen and oxygen atoms in total. The van der Waals surface area contributed by atoms with Gasteiger partial charge in [0.05, 0.1) is 6.20 Å². The van der Waals surface area contributed by atoms with E-state index in [1.54, 1.807) is 12.4 Å². The number of fused-ring (bicyclic) bond motifs is 1. The molecular formula is C7H5ClN4S. The number of aromatic nitrogens is 4. The fourth-order valence-corrected chi connectivity index (χ4v) is 1.46. The van der Waals surface area contributed by atoms with Crippen molar-refractivity contribution in [1.29, 1.82) is 0 Å². The third-order valence-corrected chi connectivity index (χ3v) is 2.33. The summed E-state index contributed by atoms with van der Waals surface area (Å²) in [5.74, 6) is 0. The van der Waals surface area contributed by atoms with E-state index in [2.05, 4.69) is 20.2 Å². The van der Waals surface area contributed by atoms with Crippen LogP contribution in [0.2, 0.25) is 5.15 Å². The van der Waals surface area contributed by atoms with Crippen molar-refractivity contribution in [3.05, 3.63) is 17.5 Å². The molecule has 0 aliphatic carbocycles. The molecule has 0 unspecified atom stereocenters. The molecule has 66 valence electrons. The van der Waals surface area contributed by atoms with Gasteiger partial charge in [-0.15, -0.1) is 5.10 Å². The Balaban J connectivity index is 2.74. The zero-order chi connectivity index (χ0) is 9.26. The minimum atomic E-state index is 0.315. The van der Waals surface area contributed by atoms with Crippen LogP contribution < -0.4 is 0 Å². The van der Waals surface area contributed by atoms with Crippen LogP contribution in [0, 0.1) is 0 Å². The lowest BCUT2D eigenvalue weighted by Gasteiger charge is -1.98. The number of thioether (sulfide) groups is 1. The van der Waals surface area contributed by atoms with Gasteiger partial charge in [-0.05, 0) is 6.26 Å². The van der Waals surface area contributed by atoms with Crippen molar-refractivity contribution in [2.45, 2.75) is 5.16 Å². The molecule has 0 radical (unpaired) electrons. The van der Waals surface area contributed by atoms with Gasteiger partial charge in [-0.1, -0.05) is 23.4 Å². The van der Waals surface area contributed by atoms with Crippen molar-refractivity contribution < 1.29 is 0 Å². The molecule has 0 spiro atoms. The topological polar surface area (TPSA) is 51.6 Å². The molecule has 0 saturated carbocycles. The first kappa shape index (κ1) is 8.65. The number of hydrogen-bond acceptors (Lipinski definition) is 5. The Labute approximate surface area is 83.8 Å². The van der Waals surface area contributed by atoms with E-state index in [-0.39, 0.29) is 0 Å². The van der Waals surface area contributed by atoms with E-state index in [4.69, 9.17) is 11.6 Å². The Morgan fingerprint density at radius 3 is 3.00 bits per heavy atom. The van der Waals surface area contributed by atoms with Gasteiger partial charge in [-0.3, -0.25) is 0 Å². The maximum absolute atomic E-state index is 5.81. The van der Waals surface area contributed by atoms with Crippen LogP contribution >= 0.6 is 23.4 Å². The van der Waals surface area contributed by atoms with Gasteiger partial charge in [0.2, 0.25) is 0 Å². The average molecular weight is 213 g/mol. The molecule has 2 rings (SSSR count). The van der Waals surface area contributed by atoms with E-state index in [1.165, 1.54) is 11.8 Å². The molecule has 6 heteroatoms. The summed E-state index contributed by atoms with van der Waals surface area (Å²) >= 11 is 7.28. The van der Waals surface area contributed by atoms with Crippen LogP contribution in [0.25, 0.3) is 10.9 Å². The standard InChI is InChI=1S/C7H5ClN4S/c1-13-7-9-2-4-3-10-12-6(8)5(4)11-7/h2-3H,1H3. The number of nitrogens with zero attached hydrogens (tertiary/aromatic N) is 4. The van der Waals surface area contributed by atoms with Crippen molar-refractivity contribution in [3.63, 3.8) is 0 Å². The first-order valence-corrected chi connectivity index (χ1v) is 5.09. The molecule has 2 heterocycles. The highest BCUT2D eigenvalue weighted by Crippen LogP contribution is 2.19. The molecule has 0 aliphatic heterocycles. The zero-order valence-corrected chi connectivity index (χ0v) is 8.30. The summed E-state index contributed by atoms with van der Waals surface area (Å²) < 4.78 is 0. The van der Waals surface area contributed by atoms with Crippen LogP contribution in [0.4, 0.5) is 0 Å². The van der Waals surface area contributed by atoms with Gasteiger partial charge >= 0.3 is 0 Å². The van der Waals surface area contributed by atoms with Gasteiger partial charge in [-0.25, -0.2) is 9.97 Å². The summed E-state index contributed by atoms with van der Waals surface area (Å²) in [6, 6.07) is 0. The molecule has 0 saturated heterocycles. The zero-order valence-electron chi connectivity index (χ0n) is 6.73. The Kier molecular flexibility index (Phi) is 2.28. The Morgan fingerprint density at radius 2 is 2.23 bits per heavy atom. The second-order valence-corrected chi connectivity index (χ2v) is 3.43. The van der Waals surface area contributed by atoms with E-state index in [0.717, 1.165) is 5.39 Å². The molecule has 0 bridgehead atoms. The fourth-order valence-electron chi connectivity index (χ4n) is 0.922. The first-order chi connectivity index (χ1) is 6.31. The van der Waals surface area contributed by atoms with Crippen molar-refractivity contribution in [2.24, 2.45) is 0 Å². The minimum absolute atomic E-state index is 0.315. The predicted octanol–water partition coefficient (Wildman–Crippen LogP) is 1.80. The van der Waals surface area contributed by atoms with Crippen LogP contribution in [-0.4, -0.2) is 26.4 Å². The summed E-state index contributed by atoms with van der Waals surface area (Å²) in [4.78, 5) is 8.30. The van der Waals surface area contributed by atoms with E-state index in [1.807, 2.05) is 6.26 Å². The number of hydrogen-bond donors (Lipinski definition) is 0. The second kappa shape index (κ2) is 3.43. The minimum Gasteiger partial charge on any atom is -0.230 e. The largest absolute Gasteiger partial charge is 0.230 e. The van der Waals surface area contributed by atoms with E-state index in [9.17, 15) is 0 Å². The molecule has 13 heavy (non-hydrogen) atoms. The van der Waals surface area contributed by atoms with Gasteiger partial charge in [0.15, 0.2) is 10.3 Å². The second-order valence-electron chi connectivity index (χ2n) is 2.30. The molecule has 0 N–H and O–H groups in total. The fraction of sp³-hybridized carbons (Fsp3) is 0.143. The van der Waals surface area contributed by atoms with Gasteiger partial charge in [-0.2, -0.15) is 5.10 Å². The summed E-state index contributed by atoms with van der Waals surface area (Å²) in [6.07, 6.45) is 5.18. The lowest BCUT2D eigenvalue weighted by Crippen LogP contribution is -1.91. The Hall–Kier alpha value is -0.940. The molecule has 2 aromatic heterocycles. The number of halogens is 1. The normalized spacial score (nSPS) is 10.6. The van der Waals surface area contributed by atoms with Gasteiger partial charge in [0, 0.05) is 11.6 Å². The molecule has 0 atom stereocenters. The lowest BCUT2D eigenvalue weighted by molar-refractivity contribution is 0.979. The number of rotatable bonds is 1. The first-order valence-electron chi connectivity index (χ1n) is 3.49. The van der Waals surface area contributed by atoms with Gasteiger partial charge in [0.1, 0.15) is 5.52 Å². The predicted molar refractivity (Wildman–Crippen MR) is 51.9 cm³/mol. The highest BCUT2D eigenvalue weighted by molar-refractivity contribution is 7.98. The van der Waals surface area contributed by atoms with Crippen LogP contribution in [0.5, 0.6) is 0 Å². The van der Waals surface area contributed by atoms with E-state index < -0.39 is 0 Å². The van der Waals surface area contributed by atoms with E-state index in [0.29, 0.717) is 15.8 Å². The monoisotopic (exact) mass is 212 g/mol. The van der Waals surface area contributed by atoms with Gasteiger partial charge in [0.25, 0.3) is 0 Å². The van der Waals surface area contributed by atoms with Crippen molar-refractivity contribution in [2.75, 3.05) is 6.26 Å². The molecule has 0 fully saturated rings. The molecule has 2 aromatic rings. The third kappa shape index (κ3) is 1.57. The van der Waals surface area contributed by atoms with Crippen LogP contribution in [0.15, 0.2) is 17.6 Å². The molecule has 0 amide bonds. The maximum atomic E-state index is 5.81. The molecule has 0 aliphatic rings. The van der Waals surface area contributed by atoms with Crippen molar-refractivity contribution >= 4 is 34.3 Å². The maximum Gasteiger partial charge on any atom is 0.187 e. The molecule has 0 aromatic carbocycles. The van der Waals surface area contributed by atoms with Crippen LogP contribution in [-0.2, 0) is 0 Å². The third-order valence-electron chi connectivity index (χ3n) is 1.52. The average Bonchev–Trinajstić information content (AvgIpc) is 2.18. The summed E-state index contributed by atoms with van der Waals surface area (Å²) in [5, 5.41) is 9.20. The highest BCUT2D eigenvalue weighted by atomic mass is 35.5. The summed E-state index contributed by atoms with van der Waals surface area (Å²) in [7, 11) is 0. The summed E-state index contributed by atoms with van der Waals surface area (Å²) in [6.45, 7) is 0. The SMILES string of the molecule is CSc1ncc2cnnc(Cl)c2n1. The van der Waals surface area contributed by atoms with E-state index >= 15 is 0 Å². The Bertz CT molecular complexity index is 447. The quantitative estimate of drug-likeness (QED) is 0.533. The van der Waals surface area contributed by atoms with Crippen molar-refractivity contribution in [1.82, 2.24) is 20.2 Å². The smallest absolute Gasteiger partial charge is 0.187 e. The van der Waals surface area contributed by atoms with Crippen LogP contribution in [0.3, 0.4) is 0 Å². The van der Waals surface area contributed by atoms with Gasteiger partial charge < -0.3 is 0 Å². The van der Waals surface area contributed by atoms with Crippen molar-refractivity contribution in [3.8, 4) is 0 Å². The Morgan fingerprint density at radius 1 is 1.38 bits per heavy atom. The summed E-state index contributed by atoms with van der Waals surface area (Å²) in [5.41, 5.74) is 0.649. The van der Waals surface area contributed by atoms with Crippen LogP contribution in [0.1, 0.15) is 0 Å².